The maximum absolute atomic E-state index is 4.68. The van der Waals surface area contributed by atoms with Crippen LogP contribution in [-0.2, 0) is 0 Å². The molecule has 1 aromatic rings. The molecule has 1 aliphatic heterocycles. The lowest BCUT2D eigenvalue weighted by molar-refractivity contribution is 0.402. The number of nitrogens with zero attached hydrogens (tertiary/aromatic N) is 3. The molecule has 0 aliphatic carbocycles. The minimum absolute atomic E-state index is 0.404. The van der Waals surface area contributed by atoms with E-state index in [1.807, 2.05) is 12.3 Å². The Kier molecular flexibility index (Phi) is 3.97. The summed E-state index contributed by atoms with van der Waals surface area (Å²) >= 11 is 0. The second-order valence-corrected chi connectivity index (χ2v) is 5.29. The summed E-state index contributed by atoms with van der Waals surface area (Å²) in [6, 6.07) is 2.05. The van der Waals surface area contributed by atoms with Crippen molar-refractivity contribution in [3.05, 3.63) is 18.1 Å². The van der Waals surface area contributed by atoms with Gasteiger partial charge in [-0.2, -0.15) is 0 Å². The maximum Gasteiger partial charge on any atom is 0.133 e. The van der Waals surface area contributed by atoms with Crippen molar-refractivity contribution in [1.29, 1.82) is 0 Å². The minimum atomic E-state index is 0.404. The Morgan fingerprint density at radius 2 is 2.29 bits per heavy atom. The van der Waals surface area contributed by atoms with Crippen molar-refractivity contribution in [3.8, 4) is 0 Å². The van der Waals surface area contributed by atoms with Gasteiger partial charge >= 0.3 is 0 Å². The molecule has 0 saturated carbocycles. The number of rotatable bonds is 3. The molecule has 0 amide bonds. The van der Waals surface area contributed by atoms with Crippen LogP contribution in [0.1, 0.15) is 51.8 Å². The number of hydrogen-bond donors (Lipinski definition) is 0. The van der Waals surface area contributed by atoms with Gasteiger partial charge in [0.1, 0.15) is 11.6 Å². The highest BCUT2D eigenvalue weighted by atomic mass is 15.2. The molecule has 1 unspecified atom stereocenters. The predicted molar refractivity (Wildman–Crippen MR) is 71.3 cm³/mol. The smallest absolute Gasteiger partial charge is 0.133 e. The summed E-state index contributed by atoms with van der Waals surface area (Å²) in [4.78, 5) is 11.4. The van der Waals surface area contributed by atoms with Gasteiger partial charge in [-0.05, 0) is 24.8 Å². The second-order valence-electron chi connectivity index (χ2n) is 5.29. The molecule has 94 valence electrons. The molecule has 1 aromatic heterocycles. The molecule has 1 saturated heterocycles. The Balaban J connectivity index is 2.13. The van der Waals surface area contributed by atoms with E-state index in [4.69, 9.17) is 0 Å². The van der Waals surface area contributed by atoms with Gasteiger partial charge in [0.15, 0.2) is 0 Å². The molecule has 3 heteroatoms. The summed E-state index contributed by atoms with van der Waals surface area (Å²) in [6.45, 7) is 8.87. The summed E-state index contributed by atoms with van der Waals surface area (Å²) in [5.41, 5.74) is 0. The molecular weight excluding hydrogens is 210 g/mol. The van der Waals surface area contributed by atoms with E-state index in [2.05, 4.69) is 35.6 Å². The van der Waals surface area contributed by atoms with Crippen LogP contribution in [0, 0.1) is 5.92 Å². The van der Waals surface area contributed by atoms with Crippen LogP contribution < -0.4 is 4.90 Å². The fourth-order valence-corrected chi connectivity index (χ4v) is 2.42. The molecule has 2 rings (SSSR count). The largest absolute Gasteiger partial charge is 0.356 e. The van der Waals surface area contributed by atoms with E-state index in [1.54, 1.807) is 0 Å². The van der Waals surface area contributed by atoms with E-state index in [1.165, 1.54) is 19.3 Å². The highest BCUT2D eigenvalue weighted by Gasteiger charge is 2.19. The average Bonchev–Trinajstić information content (AvgIpc) is 2.39. The van der Waals surface area contributed by atoms with Gasteiger partial charge in [0.05, 0.1) is 0 Å². The lowest BCUT2D eigenvalue weighted by Crippen LogP contribution is -2.35. The number of piperidine rings is 1. The van der Waals surface area contributed by atoms with Crippen molar-refractivity contribution in [2.45, 2.75) is 46.0 Å². The van der Waals surface area contributed by atoms with E-state index in [-0.39, 0.29) is 0 Å². The zero-order valence-corrected chi connectivity index (χ0v) is 11.2. The molecule has 17 heavy (non-hydrogen) atoms. The topological polar surface area (TPSA) is 29.0 Å². The van der Waals surface area contributed by atoms with Crippen molar-refractivity contribution in [3.63, 3.8) is 0 Å². The van der Waals surface area contributed by atoms with Crippen LogP contribution in [0.5, 0.6) is 0 Å². The molecule has 1 aliphatic rings. The summed E-state index contributed by atoms with van der Waals surface area (Å²) in [5, 5.41) is 0. The third-order valence-corrected chi connectivity index (χ3v) is 3.60. The Hall–Kier alpha value is -1.12. The van der Waals surface area contributed by atoms with Gasteiger partial charge in [-0.1, -0.05) is 27.2 Å². The molecule has 0 N–H and O–H groups in total. The summed E-state index contributed by atoms with van der Waals surface area (Å²) in [6.07, 6.45) is 5.83. The van der Waals surface area contributed by atoms with Gasteiger partial charge in [-0.3, -0.25) is 0 Å². The van der Waals surface area contributed by atoms with Gasteiger partial charge < -0.3 is 4.90 Å². The molecule has 1 fully saturated rings. The van der Waals surface area contributed by atoms with Crippen molar-refractivity contribution < 1.29 is 0 Å². The SMILES string of the molecule is CCC1CCCN(c2ccnc(C(C)C)n2)C1. The van der Waals surface area contributed by atoms with Crippen LogP contribution in [0.4, 0.5) is 5.82 Å². The Morgan fingerprint density at radius 3 is 3.00 bits per heavy atom. The van der Waals surface area contributed by atoms with Crippen LogP contribution in [0.3, 0.4) is 0 Å². The van der Waals surface area contributed by atoms with Crippen LogP contribution in [0.15, 0.2) is 12.3 Å². The van der Waals surface area contributed by atoms with E-state index in [0.29, 0.717) is 5.92 Å². The van der Waals surface area contributed by atoms with Crippen molar-refractivity contribution in [1.82, 2.24) is 9.97 Å². The fourth-order valence-electron chi connectivity index (χ4n) is 2.42. The Bertz CT molecular complexity index is 362. The summed E-state index contributed by atoms with van der Waals surface area (Å²) in [5.74, 6) is 3.31. The standard InChI is InChI=1S/C14H23N3/c1-4-12-6-5-9-17(10-12)13-7-8-15-14(16-13)11(2)3/h7-8,11-12H,4-6,9-10H2,1-3H3. The van der Waals surface area contributed by atoms with E-state index >= 15 is 0 Å². The zero-order valence-electron chi connectivity index (χ0n) is 11.2. The van der Waals surface area contributed by atoms with Crippen molar-refractivity contribution in [2.75, 3.05) is 18.0 Å². The Morgan fingerprint density at radius 1 is 1.47 bits per heavy atom. The molecule has 1 atom stereocenters. The van der Waals surface area contributed by atoms with E-state index in [0.717, 1.165) is 30.6 Å². The quantitative estimate of drug-likeness (QED) is 0.802. The highest BCUT2D eigenvalue weighted by molar-refractivity contribution is 5.38. The first kappa shape index (κ1) is 12.3. The van der Waals surface area contributed by atoms with E-state index in [9.17, 15) is 0 Å². The van der Waals surface area contributed by atoms with Crippen LogP contribution in [0.25, 0.3) is 0 Å². The zero-order chi connectivity index (χ0) is 12.3. The van der Waals surface area contributed by atoms with Gasteiger partial charge in [-0.15, -0.1) is 0 Å². The lowest BCUT2D eigenvalue weighted by atomic mass is 9.96. The van der Waals surface area contributed by atoms with Crippen LogP contribution in [0.2, 0.25) is 0 Å². The first-order valence-electron chi connectivity index (χ1n) is 6.78. The minimum Gasteiger partial charge on any atom is -0.356 e. The summed E-state index contributed by atoms with van der Waals surface area (Å²) in [7, 11) is 0. The number of anilines is 1. The van der Waals surface area contributed by atoms with Crippen LogP contribution >= 0.6 is 0 Å². The molecule has 0 radical (unpaired) electrons. The van der Waals surface area contributed by atoms with Gasteiger partial charge in [0.25, 0.3) is 0 Å². The molecule has 0 bridgehead atoms. The molecule has 0 aromatic carbocycles. The number of hydrogen-bond acceptors (Lipinski definition) is 3. The van der Waals surface area contributed by atoms with Gasteiger partial charge in [0, 0.05) is 25.2 Å². The molecular formula is C14H23N3. The second kappa shape index (κ2) is 5.48. The normalized spacial score (nSPS) is 20.9. The van der Waals surface area contributed by atoms with Crippen molar-refractivity contribution >= 4 is 5.82 Å². The predicted octanol–water partition coefficient (Wildman–Crippen LogP) is 3.23. The highest BCUT2D eigenvalue weighted by Crippen LogP contribution is 2.24. The van der Waals surface area contributed by atoms with E-state index < -0.39 is 0 Å². The van der Waals surface area contributed by atoms with Crippen molar-refractivity contribution in [2.24, 2.45) is 5.92 Å². The van der Waals surface area contributed by atoms with Crippen LogP contribution in [-0.4, -0.2) is 23.1 Å². The van der Waals surface area contributed by atoms with Gasteiger partial charge in [0.2, 0.25) is 0 Å². The van der Waals surface area contributed by atoms with Gasteiger partial charge in [-0.25, -0.2) is 9.97 Å². The first-order valence-corrected chi connectivity index (χ1v) is 6.78. The molecule has 0 spiro atoms. The summed E-state index contributed by atoms with van der Waals surface area (Å²) < 4.78 is 0. The lowest BCUT2D eigenvalue weighted by Gasteiger charge is -2.33. The monoisotopic (exact) mass is 233 g/mol. The third kappa shape index (κ3) is 2.96. The molecule has 2 heterocycles. The fraction of sp³-hybridized carbons (Fsp3) is 0.714. The molecule has 3 nitrogen and oxygen atoms in total. The number of aromatic nitrogens is 2. The first-order chi connectivity index (χ1) is 8.20. The Labute approximate surface area is 104 Å². The third-order valence-electron chi connectivity index (χ3n) is 3.60. The average molecular weight is 233 g/mol. The maximum atomic E-state index is 4.68.